The zero-order chi connectivity index (χ0) is 19.4. The first-order valence-electron chi connectivity index (χ1n) is 7.64. The van der Waals surface area contributed by atoms with Crippen LogP contribution in [0.2, 0.25) is 0 Å². The standard InChI is InChI=1S/C17H18N2O7/c1-9-7-13(10(2)25-9)17(21)26-11(3)16(20)18-14-6-5-12(19(22)23)8-15(14)24-4/h5-8,11H,1-4H3,(H,18,20)/t11-/m1/s1. The van der Waals surface area contributed by atoms with Crippen LogP contribution in [0.25, 0.3) is 0 Å². The molecule has 138 valence electrons. The molecule has 1 heterocycles. The maximum Gasteiger partial charge on any atom is 0.342 e. The average molecular weight is 362 g/mol. The van der Waals surface area contributed by atoms with Gasteiger partial charge in [-0.15, -0.1) is 0 Å². The lowest BCUT2D eigenvalue weighted by Gasteiger charge is -2.15. The van der Waals surface area contributed by atoms with Gasteiger partial charge in [0.05, 0.1) is 23.8 Å². The Morgan fingerprint density at radius 3 is 2.50 bits per heavy atom. The number of nitro benzene ring substituents is 1. The van der Waals surface area contributed by atoms with Crippen molar-refractivity contribution in [3.05, 3.63) is 51.5 Å². The largest absolute Gasteiger partial charge is 0.494 e. The van der Waals surface area contributed by atoms with Gasteiger partial charge in [0.15, 0.2) is 6.10 Å². The maximum atomic E-state index is 12.3. The topological polar surface area (TPSA) is 121 Å². The van der Waals surface area contributed by atoms with E-state index in [1.807, 2.05) is 0 Å². The van der Waals surface area contributed by atoms with Crippen LogP contribution in [0.4, 0.5) is 11.4 Å². The van der Waals surface area contributed by atoms with Gasteiger partial charge in [-0.1, -0.05) is 0 Å². The smallest absolute Gasteiger partial charge is 0.342 e. The molecule has 0 saturated heterocycles. The number of furan rings is 1. The van der Waals surface area contributed by atoms with Gasteiger partial charge in [0.25, 0.3) is 11.6 Å². The number of nitro groups is 1. The Labute approximate surface area is 149 Å². The Balaban J connectivity index is 2.08. The highest BCUT2D eigenvalue weighted by atomic mass is 16.6. The number of hydrogen-bond acceptors (Lipinski definition) is 7. The fraction of sp³-hybridized carbons (Fsp3) is 0.294. The SMILES string of the molecule is COc1cc([N+](=O)[O-])ccc1NC(=O)[C@@H](C)OC(=O)c1cc(C)oc1C. The van der Waals surface area contributed by atoms with Crippen LogP contribution in [-0.2, 0) is 9.53 Å². The number of ether oxygens (including phenoxy) is 2. The number of nitrogens with zero attached hydrogens (tertiary/aromatic N) is 1. The van der Waals surface area contributed by atoms with Gasteiger partial charge in [0, 0.05) is 6.07 Å². The number of methoxy groups -OCH3 is 1. The molecular weight excluding hydrogens is 344 g/mol. The number of anilines is 1. The van der Waals surface area contributed by atoms with Crippen LogP contribution in [-0.4, -0.2) is 30.0 Å². The molecule has 0 unspecified atom stereocenters. The van der Waals surface area contributed by atoms with Gasteiger partial charge >= 0.3 is 5.97 Å². The number of carbonyl (C=O) groups is 2. The Morgan fingerprint density at radius 1 is 1.27 bits per heavy atom. The summed E-state index contributed by atoms with van der Waals surface area (Å²) in [6, 6.07) is 5.28. The molecule has 2 rings (SSSR count). The second-order valence-electron chi connectivity index (χ2n) is 5.51. The first kappa shape index (κ1) is 19.0. The summed E-state index contributed by atoms with van der Waals surface area (Å²) >= 11 is 0. The summed E-state index contributed by atoms with van der Waals surface area (Å²) in [4.78, 5) is 34.6. The first-order chi connectivity index (χ1) is 12.2. The Bertz CT molecular complexity index is 857. The van der Waals surface area contributed by atoms with E-state index in [4.69, 9.17) is 13.9 Å². The molecule has 0 spiro atoms. The fourth-order valence-electron chi connectivity index (χ4n) is 2.24. The minimum absolute atomic E-state index is 0.118. The van der Waals surface area contributed by atoms with E-state index < -0.39 is 22.9 Å². The fourth-order valence-corrected chi connectivity index (χ4v) is 2.24. The van der Waals surface area contributed by atoms with Gasteiger partial charge in [0.1, 0.15) is 22.8 Å². The van der Waals surface area contributed by atoms with Crippen molar-refractivity contribution in [2.75, 3.05) is 12.4 Å². The number of non-ortho nitro benzene ring substituents is 1. The van der Waals surface area contributed by atoms with Crippen molar-refractivity contribution in [2.24, 2.45) is 0 Å². The third-order valence-electron chi connectivity index (χ3n) is 3.57. The van der Waals surface area contributed by atoms with Gasteiger partial charge < -0.3 is 19.2 Å². The van der Waals surface area contributed by atoms with E-state index in [0.717, 1.165) is 0 Å². The molecule has 0 aliphatic rings. The van der Waals surface area contributed by atoms with E-state index in [1.165, 1.54) is 38.3 Å². The number of esters is 1. The summed E-state index contributed by atoms with van der Waals surface area (Å²) in [5.41, 5.74) is 0.293. The molecule has 1 atom stereocenters. The van der Waals surface area contributed by atoms with Crippen molar-refractivity contribution < 1.29 is 28.4 Å². The monoisotopic (exact) mass is 362 g/mol. The van der Waals surface area contributed by atoms with E-state index in [0.29, 0.717) is 11.5 Å². The Kier molecular flexibility index (Phi) is 5.61. The zero-order valence-corrected chi connectivity index (χ0v) is 14.7. The van der Waals surface area contributed by atoms with Crippen LogP contribution in [0.15, 0.2) is 28.7 Å². The van der Waals surface area contributed by atoms with E-state index in [-0.39, 0.29) is 22.7 Å². The summed E-state index contributed by atoms with van der Waals surface area (Å²) in [6.45, 7) is 4.73. The van der Waals surface area contributed by atoms with Crippen LogP contribution in [0, 0.1) is 24.0 Å². The van der Waals surface area contributed by atoms with Gasteiger partial charge in [-0.2, -0.15) is 0 Å². The average Bonchev–Trinajstić information content (AvgIpc) is 2.93. The number of benzene rings is 1. The molecule has 0 aliphatic carbocycles. The lowest BCUT2D eigenvalue weighted by Crippen LogP contribution is -2.30. The molecule has 2 aromatic rings. The van der Waals surface area contributed by atoms with Crippen LogP contribution in [0.5, 0.6) is 5.75 Å². The van der Waals surface area contributed by atoms with E-state index in [9.17, 15) is 19.7 Å². The van der Waals surface area contributed by atoms with E-state index in [2.05, 4.69) is 5.32 Å². The molecule has 1 N–H and O–H groups in total. The normalized spacial score (nSPS) is 11.5. The maximum absolute atomic E-state index is 12.3. The summed E-state index contributed by atoms with van der Waals surface area (Å²) in [5, 5.41) is 13.3. The van der Waals surface area contributed by atoms with E-state index >= 15 is 0 Å². The van der Waals surface area contributed by atoms with Crippen LogP contribution in [0.1, 0.15) is 28.8 Å². The minimum atomic E-state index is -1.10. The highest BCUT2D eigenvalue weighted by molar-refractivity contribution is 5.98. The van der Waals surface area contributed by atoms with Crippen molar-refractivity contribution >= 4 is 23.3 Å². The minimum Gasteiger partial charge on any atom is -0.494 e. The molecule has 0 bridgehead atoms. The highest BCUT2D eigenvalue weighted by Crippen LogP contribution is 2.29. The van der Waals surface area contributed by atoms with Crippen LogP contribution < -0.4 is 10.1 Å². The van der Waals surface area contributed by atoms with Gasteiger partial charge in [-0.3, -0.25) is 14.9 Å². The number of amides is 1. The molecule has 26 heavy (non-hydrogen) atoms. The number of nitrogens with one attached hydrogen (secondary N) is 1. The molecule has 0 fully saturated rings. The molecule has 1 aromatic carbocycles. The number of hydrogen-bond donors (Lipinski definition) is 1. The number of carbonyl (C=O) groups excluding carboxylic acids is 2. The third kappa shape index (κ3) is 4.18. The van der Waals surface area contributed by atoms with Crippen LogP contribution >= 0.6 is 0 Å². The molecule has 0 radical (unpaired) electrons. The summed E-state index contributed by atoms with van der Waals surface area (Å²) in [6.07, 6.45) is -1.10. The van der Waals surface area contributed by atoms with Crippen molar-refractivity contribution in [3.8, 4) is 5.75 Å². The predicted molar refractivity (Wildman–Crippen MR) is 91.3 cm³/mol. The lowest BCUT2D eigenvalue weighted by molar-refractivity contribution is -0.384. The molecule has 9 nitrogen and oxygen atoms in total. The molecule has 1 amide bonds. The van der Waals surface area contributed by atoms with Crippen molar-refractivity contribution in [1.82, 2.24) is 0 Å². The van der Waals surface area contributed by atoms with Crippen LogP contribution in [0.3, 0.4) is 0 Å². The van der Waals surface area contributed by atoms with Crippen molar-refractivity contribution in [2.45, 2.75) is 26.9 Å². The molecular formula is C17H18N2O7. The number of aryl methyl sites for hydroxylation is 2. The second kappa shape index (κ2) is 7.68. The molecule has 9 heteroatoms. The van der Waals surface area contributed by atoms with Crippen molar-refractivity contribution in [3.63, 3.8) is 0 Å². The lowest BCUT2D eigenvalue weighted by atomic mass is 10.2. The van der Waals surface area contributed by atoms with E-state index in [1.54, 1.807) is 13.8 Å². The molecule has 0 aliphatic heterocycles. The highest BCUT2D eigenvalue weighted by Gasteiger charge is 2.23. The molecule has 1 aromatic heterocycles. The third-order valence-corrected chi connectivity index (χ3v) is 3.57. The molecule has 0 saturated carbocycles. The summed E-state index contributed by atoms with van der Waals surface area (Å²) in [7, 11) is 1.32. The van der Waals surface area contributed by atoms with Gasteiger partial charge in [0.2, 0.25) is 0 Å². The Hall–Kier alpha value is -3.36. The van der Waals surface area contributed by atoms with Gasteiger partial charge in [-0.05, 0) is 32.9 Å². The second-order valence-corrected chi connectivity index (χ2v) is 5.51. The summed E-state index contributed by atoms with van der Waals surface area (Å²) in [5.74, 6) is -0.215. The number of rotatable bonds is 6. The Morgan fingerprint density at radius 2 is 1.96 bits per heavy atom. The quantitative estimate of drug-likeness (QED) is 0.476. The van der Waals surface area contributed by atoms with Gasteiger partial charge in [-0.25, -0.2) is 4.79 Å². The zero-order valence-electron chi connectivity index (χ0n) is 14.7. The first-order valence-corrected chi connectivity index (χ1v) is 7.64. The summed E-state index contributed by atoms with van der Waals surface area (Å²) < 4.78 is 15.4. The predicted octanol–water partition coefficient (Wildman–Crippen LogP) is 3.00. The van der Waals surface area contributed by atoms with Crippen molar-refractivity contribution in [1.29, 1.82) is 0 Å².